The topological polar surface area (TPSA) is 41.9 Å². The smallest absolute Gasteiger partial charge is 0.124 e. The number of hydrogen-bond donors (Lipinski definition) is 0. The highest BCUT2D eigenvalue weighted by molar-refractivity contribution is 7.99. The molecule has 29 heavy (non-hydrogen) atoms. The molecule has 3 aromatic rings. The summed E-state index contributed by atoms with van der Waals surface area (Å²) in [6, 6.07) is 10.5. The molecule has 0 aliphatic carbocycles. The van der Waals surface area contributed by atoms with Crippen molar-refractivity contribution < 1.29 is 4.39 Å². The zero-order valence-corrected chi connectivity index (χ0v) is 18.2. The monoisotopic (exact) mass is 428 g/mol. The number of nitrogens with zero attached hydrogens (tertiary/aromatic N) is 4. The van der Waals surface area contributed by atoms with Gasteiger partial charge in [-0.1, -0.05) is 12.8 Å². The summed E-state index contributed by atoms with van der Waals surface area (Å²) in [5.41, 5.74) is 2.68. The third kappa shape index (κ3) is 5.41. The minimum atomic E-state index is -0.239. The number of hydrogen-bond acceptors (Lipinski definition) is 6. The maximum Gasteiger partial charge on any atom is 0.124 e. The fourth-order valence-corrected chi connectivity index (χ4v) is 5.37. The third-order valence-electron chi connectivity index (χ3n) is 5.12. The summed E-state index contributed by atoms with van der Waals surface area (Å²) in [5.74, 6) is 0.805. The van der Waals surface area contributed by atoms with Gasteiger partial charge in [0.15, 0.2) is 0 Å². The number of likely N-dealkylation sites (tertiary alicyclic amines) is 1. The molecule has 7 heteroatoms. The van der Waals surface area contributed by atoms with Crippen LogP contribution in [0.4, 0.5) is 4.39 Å². The fraction of sp³-hybridized carbons (Fsp3) is 0.409. The van der Waals surface area contributed by atoms with Crippen LogP contribution in [0.3, 0.4) is 0 Å². The van der Waals surface area contributed by atoms with Gasteiger partial charge in [0.05, 0.1) is 10.6 Å². The van der Waals surface area contributed by atoms with Crippen LogP contribution in [0.5, 0.6) is 0 Å². The highest BCUT2D eigenvalue weighted by atomic mass is 32.2. The van der Waals surface area contributed by atoms with Gasteiger partial charge in [-0.2, -0.15) is 0 Å². The molecular formula is C22H25FN4S2. The summed E-state index contributed by atoms with van der Waals surface area (Å²) in [7, 11) is 0. The van der Waals surface area contributed by atoms with Gasteiger partial charge in [-0.05, 0) is 69.3 Å². The molecule has 0 radical (unpaired) electrons. The lowest BCUT2D eigenvalue weighted by Gasteiger charge is -2.18. The molecule has 3 heterocycles. The number of thioether (sulfide) groups is 1. The van der Waals surface area contributed by atoms with E-state index >= 15 is 0 Å². The lowest BCUT2D eigenvalue weighted by atomic mass is 10.2. The van der Waals surface area contributed by atoms with Crippen LogP contribution in [0.1, 0.15) is 31.4 Å². The Morgan fingerprint density at radius 1 is 1.00 bits per heavy atom. The Labute approximate surface area is 179 Å². The van der Waals surface area contributed by atoms with Crippen LogP contribution in [-0.4, -0.2) is 45.5 Å². The molecule has 1 saturated heterocycles. The molecular weight excluding hydrogens is 403 g/mol. The molecule has 4 nitrogen and oxygen atoms in total. The van der Waals surface area contributed by atoms with Crippen LogP contribution in [0.25, 0.3) is 21.1 Å². The van der Waals surface area contributed by atoms with Gasteiger partial charge in [0.1, 0.15) is 21.5 Å². The second-order valence-corrected chi connectivity index (χ2v) is 9.42. The average Bonchev–Trinajstić information content (AvgIpc) is 2.94. The molecule has 0 saturated carbocycles. The number of thiazole rings is 1. The number of aryl methyl sites for hydroxylation is 1. The van der Waals surface area contributed by atoms with Crippen LogP contribution < -0.4 is 0 Å². The molecule has 1 aliphatic heterocycles. The molecule has 0 spiro atoms. The first-order valence-corrected chi connectivity index (χ1v) is 11.9. The molecule has 0 N–H and O–H groups in total. The standard InChI is InChI=1S/C22H25FN4S2/c1-16-21(29-22(24-16)17-6-8-18(23)9-7-17)19-10-11-20(26-25-19)28-15-14-27-12-4-2-3-5-13-27/h6-11H,2-5,12-15H2,1H3. The average molecular weight is 429 g/mol. The Morgan fingerprint density at radius 2 is 1.76 bits per heavy atom. The van der Waals surface area contributed by atoms with Crippen LogP contribution >= 0.6 is 23.1 Å². The Morgan fingerprint density at radius 3 is 2.45 bits per heavy atom. The van der Waals surface area contributed by atoms with E-state index in [0.717, 1.165) is 44.2 Å². The van der Waals surface area contributed by atoms with Gasteiger partial charge in [0.25, 0.3) is 0 Å². The highest BCUT2D eigenvalue weighted by Crippen LogP contribution is 2.34. The van der Waals surface area contributed by atoms with E-state index in [4.69, 9.17) is 0 Å². The number of halogens is 1. The largest absolute Gasteiger partial charge is 0.303 e. The van der Waals surface area contributed by atoms with Gasteiger partial charge in [0.2, 0.25) is 0 Å². The van der Waals surface area contributed by atoms with Gasteiger partial charge in [-0.25, -0.2) is 9.37 Å². The van der Waals surface area contributed by atoms with Crippen molar-refractivity contribution in [2.75, 3.05) is 25.4 Å². The van der Waals surface area contributed by atoms with Crippen molar-refractivity contribution in [3.63, 3.8) is 0 Å². The summed E-state index contributed by atoms with van der Waals surface area (Å²) < 4.78 is 13.2. The van der Waals surface area contributed by atoms with Crippen molar-refractivity contribution in [1.29, 1.82) is 0 Å². The lowest BCUT2D eigenvalue weighted by Crippen LogP contribution is -2.27. The van der Waals surface area contributed by atoms with E-state index in [1.54, 1.807) is 35.2 Å². The first-order chi connectivity index (χ1) is 14.2. The molecule has 0 bridgehead atoms. The Hall–Kier alpha value is -1.83. The van der Waals surface area contributed by atoms with Gasteiger partial charge < -0.3 is 4.90 Å². The van der Waals surface area contributed by atoms with Crippen molar-refractivity contribution in [3.05, 3.63) is 47.9 Å². The summed E-state index contributed by atoms with van der Waals surface area (Å²) >= 11 is 3.34. The van der Waals surface area contributed by atoms with E-state index in [1.165, 1.54) is 50.9 Å². The maximum absolute atomic E-state index is 13.2. The van der Waals surface area contributed by atoms with Crippen molar-refractivity contribution in [3.8, 4) is 21.1 Å². The van der Waals surface area contributed by atoms with Gasteiger partial charge in [-0.3, -0.25) is 0 Å². The van der Waals surface area contributed by atoms with Crippen molar-refractivity contribution in [2.24, 2.45) is 0 Å². The fourth-order valence-electron chi connectivity index (χ4n) is 3.51. The second-order valence-electron chi connectivity index (χ2n) is 7.30. The molecule has 0 amide bonds. The van der Waals surface area contributed by atoms with Gasteiger partial charge in [0, 0.05) is 17.9 Å². The minimum Gasteiger partial charge on any atom is -0.303 e. The van der Waals surface area contributed by atoms with E-state index < -0.39 is 0 Å². The Balaban J connectivity index is 1.38. The highest BCUT2D eigenvalue weighted by Gasteiger charge is 2.14. The molecule has 4 rings (SSSR count). The van der Waals surface area contributed by atoms with Crippen LogP contribution in [0, 0.1) is 12.7 Å². The minimum absolute atomic E-state index is 0.239. The summed E-state index contributed by atoms with van der Waals surface area (Å²) in [6.07, 6.45) is 5.40. The van der Waals surface area contributed by atoms with Gasteiger partial charge in [-0.15, -0.1) is 33.3 Å². The van der Waals surface area contributed by atoms with Crippen LogP contribution in [0.15, 0.2) is 41.4 Å². The third-order valence-corrected chi connectivity index (χ3v) is 7.25. The Kier molecular flexibility index (Phi) is 6.90. The van der Waals surface area contributed by atoms with E-state index in [9.17, 15) is 4.39 Å². The number of rotatable bonds is 6. The number of aromatic nitrogens is 3. The zero-order chi connectivity index (χ0) is 20.1. The van der Waals surface area contributed by atoms with Crippen LogP contribution in [0.2, 0.25) is 0 Å². The van der Waals surface area contributed by atoms with Crippen molar-refractivity contribution in [2.45, 2.75) is 37.6 Å². The summed E-state index contributed by atoms with van der Waals surface area (Å²) in [5, 5.41) is 10.7. The van der Waals surface area contributed by atoms with E-state index in [0.29, 0.717) is 0 Å². The molecule has 1 fully saturated rings. The molecule has 1 aliphatic rings. The maximum atomic E-state index is 13.2. The first-order valence-electron chi connectivity index (χ1n) is 10.1. The SMILES string of the molecule is Cc1nc(-c2ccc(F)cc2)sc1-c1ccc(SCCN2CCCCCC2)nn1. The van der Waals surface area contributed by atoms with E-state index in [2.05, 4.69) is 20.1 Å². The molecule has 152 valence electrons. The van der Waals surface area contributed by atoms with Crippen LogP contribution in [-0.2, 0) is 0 Å². The van der Waals surface area contributed by atoms with E-state index in [-0.39, 0.29) is 5.82 Å². The van der Waals surface area contributed by atoms with Gasteiger partial charge >= 0.3 is 0 Å². The Bertz CT molecular complexity index is 917. The molecule has 2 aromatic heterocycles. The van der Waals surface area contributed by atoms with Crippen molar-refractivity contribution in [1.82, 2.24) is 20.1 Å². The normalized spacial score (nSPS) is 15.4. The van der Waals surface area contributed by atoms with Crippen molar-refractivity contribution >= 4 is 23.1 Å². The molecule has 0 atom stereocenters. The predicted octanol–water partition coefficient (Wildman–Crippen LogP) is 5.68. The quantitative estimate of drug-likeness (QED) is 0.472. The summed E-state index contributed by atoms with van der Waals surface area (Å²) in [6.45, 7) is 5.55. The predicted molar refractivity (Wildman–Crippen MR) is 119 cm³/mol. The molecule has 1 aromatic carbocycles. The first kappa shape index (κ1) is 20.4. The summed E-state index contributed by atoms with van der Waals surface area (Å²) in [4.78, 5) is 8.22. The molecule has 0 unspecified atom stereocenters. The van der Waals surface area contributed by atoms with E-state index in [1.807, 2.05) is 19.1 Å². The number of benzene rings is 1. The second kappa shape index (κ2) is 9.78. The zero-order valence-electron chi connectivity index (χ0n) is 16.6. The lowest BCUT2D eigenvalue weighted by molar-refractivity contribution is 0.303.